The summed E-state index contributed by atoms with van der Waals surface area (Å²) in [5.74, 6) is 1.53. The minimum Gasteiger partial charge on any atom is -0.461 e. The zero-order valence-corrected chi connectivity index (χ0v) is 14.6. The van der Waals surface area contributed by atoms with Gasteiger partial charge in [-0.1, -0.05) is 18.2 Å². The Bertz CT molecular complexity index is 890. The molecule has 2 N–H and O–H groups in total. The Morgan fingerprint density at radius 1 is 1.42 bits per heavy atom. The van der Waals surface area contributed by atoms with Gasteiger partial charge in [0.2, 0.25) is 0 Å². The van der Waals surface area contributed by atoms with Gasteiger partial charge in [-0.25, -0.2) is 9.78 Å². The molecule has 0 saturated carbocycles. The lowest BCUT2D eigenvalue weighted by Crippen LogP contribution is -2.48. The number of carbonyl (C=O) groups excluding carboxylic acids is 1. The van der Waals surface area contributed by atoms with Crippen LogP contribution in [0.3, 0.4) is 0 Å². The number of aryl methyl sites for hydroxylation is 1. The van der Waals surface area contributed by atoms with Gasteiger partial charge >= 0.3 is 6.03 Å². The lowest BCUT2D eigenvalue weighted by atomic mass is 10.1. The van der Waals surface area contributed by atoms with Crippen LogP contribution in [0.2, 0.25) is 0 Å². The summed E-state index contributed by atoms with van der Waals surface area (Å²) in [4.78, 5) is 18.6. The first-order chi connectivity index (χ1) is 12.7. The topological polar surface area (TPSA) is 96.3 Å². The summed E-state index contributed by atoms with van der Waals surface area (Å²) in [6, 6.07) is 7.59. The van der Waals surface area contributed by atoms with Gasteiger partial charge in [0.05, 0.1) is 13.2 Å². The Hall–Kier alpha value is -2.87. The van der Waals surface area contributed by atoms with Crippen LogP contribution in [0, 0.1) is 6.92 Å². The summed E-state index contributed by atoms with van der Waals surface area (Å²) in [5.41, 5.74) is 2.01. The van der Waals surface area contributed by atoms with E-state index < -0.39 is 0 Å². The third-order valence-corrected chi connectivity index (χ3v) is 4.69. The van der Waals surface area contributed by atoms with Crippen molar-refractivity contribution < 1.29 is 13.9 Å². The van der Waals surface area contributed by atoms with Crippen LogP contribution in [-0.4, -0.2) is 52.4 Å². The van der Waals surface area contributed by atoms with Crippen LogP contribution in [0.1, 0.15) is 23.2 Å². The Labute approximate surface area is 150 Å². The molecule has 0 aliphatic carbocycles. The van der Waals surface area contributed by atoms with Crippen molar-refractivity contribution in [3.05, 3.63) is 47.7 Å². The summed E-state index contributed by atoms with van der Waals surface area (Å²) in [6.07, 6.45) is 2.15. The van der Waals surface area contributed by atoms with E-state index in [1.807, 2.05) is 31.2 Å². The van der Waals surface area contributed by atoms with Crippen LogP contribution in [-0.2, 0) is 11.2 Å². The molecule has 0 spiro atoms. The molecule has 1 fully saturated rings. The van der Waals surface area contributed by atoms with Crippen molar-refractivity contribution in [1.82, 2.24) is 25.4 Å². The average Bonchev–Trinajstić information content (AvgIpc) is 3.30. The van der Waals surface area contributed by atoms with Gasteiger partial charge in [0, 0.05) is 24.0 Å². The molecule has 8 nitrogen and oxygen atoms in total. The maximum absolute atomic E-state index is 12.7. The van der Waals surface area contributed by atoms with Crippen molar-refractivity contribution >= 4 is 17.0 Å². The molecule has 4 rings (SSSR count). The number of carbonyl (C=O) groups is 1. The number of H-pyrrole nitrogens is 1. The van der Waals surface area contributed by atoms with E-state index in [0.717, 1.165) is 22.3 Å². The van der Waals surface area contributed by atoms with E-state index in [4.69, 9.17) is 9.15 Å². The molecule has 3 heterocycles. The molecule has 26 heavy (non-hydrogen) atoms. The van der Waals surface area contributed by atoms with Gasteiger partial charge in [-0.15, -0.1) is 0 Å². The van der Waals surface area contributed by atoms with Crippen molar-refractivity contribution in [2.24, 2.45) is 0 Å². The highest BCUT2D eigenvalue weighted by molar-refractivity contribution is 5.82. The quantitative estimate of drug-likeness (QED) is 0.748. The van der Waals surface area contributed by atoms with Crippen molar-refractivity contribution in [2.75, 3.05) is 26.3 Å². The number of para-hydroxylation sites is 1. The Morgan fingerprint density at radius 2 is 2.31 bits per heavy atom. The van der Waals surface area contributed by atoms with Crippen LogP contribution in [0.15, 0.2) is 35.0 Å². The largest absolute Gasteiger partial charge is 0.461 e. The maximum atomic E-state index is 12.7. The van der Waals surface area contributed by atoms with Gasteiger partial charge in [0.15, 0.2) is 0 Å². The van der Waals surface area contributed by atoms with Crippen molar-refractivity contribution in [1.29, 1.82) is 0 Å². The molecular weight excluding hydrogens is 334 g/mol. The molecule has 1 saturated heterocycles. The number of aromatic amines is 1. The number of hydrogen-bond acceptors (Lipinski definition) is 5. The first kappa shape index (κ1) is 16.6. The Morgan fingerprint density at radius 3 is 3.15 bits per heavy atom. The molecule has 1 unspecified atom stereocenters. The molecule has 3 aromatic rings. The predicted molar refractivity (Wildman–Crippen MR) is 94.7 cm³/mol. The van der Waals surface area contributed by atoms with E-state index >= 15 is 0 Å². The van der Waals surface area contributed by atoms with E-state index in [1.54, 1.807) is 4.90 Å². The highest BCUT2D eigenvalue weighted by atomic mass is 16.5. The summed E-state index contributed by atoms with van der Waals surface area (Å²) in [7, 11) is 0. The van der Waals surface area contributed by atoms with E-state index in [-0.39, 0.29) is 12.1 Å². The maximum Gasteiger partial charge on any atom is 0.318 e. The van der Waals surface area contributed by atoms with E-state index in [0.29, 0.717) is 38.5 Å². The fraction of sp³-hybridized carbons (Fsp3) is 0.389. The van der Waals surface area contributed by atoms with Gasteiger partial charge in [-0.2, -0.15) is 5.10 Å². The molecule has 8 heteroatoms. The highest BCUT2D eigenvalue weighted by Crippen LogP contribution is 2.25. The molecule has 1 aromatic carbocycles. The molecule has 1 atom stereocenters. The first-order valence-corrected chi connectivity index (χ1v) is 8.68. The smallest absolute Gasteiger partial charge is 0.318 e. The third-order valence-electron chi connectivity index (χ3n) is 4.69. The summed E-state index contributed by atoms with van der Waals surface area (Å²) in [5, 5.41) is 10.8. The van der Waals surface area contributed by atoms with Gasteiger partial charge in [0.1, 0.15) is 29.5 Å². The zero-order chi connectivity index (χ0) is 17.9. The molecule has 0 bridgehead atoms. The molecular formula is C18H21N5O3. The normalized spacial score (nSPS) is 17.6. The van der Waals surface area contributed by atoms with Gasteiger partial charge in [0.25, 0.3) is 0 Å². The second-order valence-electron chi connectivity index (χ2n) is 6.27. The minimum atomic E-state index is -0.247. The lowest BCUT2D eigenvalue weighted by Gasteiger charge is -2.34. The number of nitrogens with zero attached hydrogens (tertiary/aromatic N) is 3. The number of urea groups is 1. The summed E-state index contributed by atoms with van der Waals surface area (Å²) < 4.78 is 11.3. The number of fused-ring (bicyclic) bond motifs is 1. The van der Waals surface area contributed by atoms with Crippen molar-refractivity contribution in [3.8, 4) is 0 Å². The number of furan rings is 1. The SMILES string of the molecule is Cc1oc2ccccc2c1CCNC(=O)N1CCOCC1c1ncn[nH]1. The molecule has 2 amide bonds. The van der Waals surface area contributed by atoms with Crippen molar-refractivity contribution in [2.45, 2.75) is 19.4 Å². The monoisotopic (exact) mass is 355 g/mol. The number of amides is 2. The number of ether oxygens (including phenoxy) is 1. The fourth-order valence-electron chi connectivity index (χ4n) is 3.38. The van der Waals surface area contributed by atoms with Gasteiger partial charge in [-0.3, -0.25) is 5.10 Å². The second-order valence-corrected chi connectivity index (χ2v) is 6.27. The number of hydrogen-bond donors (Lipinski definition) is 2. The number of aromatic nitrogens is 3. The number of morpholine rings is 1. The fourth-order valence-corrected chi connectivity index (χ4v) is 3.38. The van der Waals surface area contributed by atoms with Crippen LogP contribution < -0.4 is 5.32 Å². The lowest BCUT2D eigenvalue weighted by molar-refractivity contribution is 0.00879. The van der Waals surface area contributed by atoms with Crippen LogP contribution >= 0.6 is 0 Å². The van der Waals surface area contributed by atoms with Crippen LogP contribution in [0.25, 0.3) is 11.0 Å². The summed E-state index contributed by atoms with van der Waals surface area (Å²) >= 11 is 0. The average molecular weight is 355 g/mol. The zero-order valence-electron chi connectivity index (χ0n) is 14.6. The third kappa shape index (κ3) is 3.15. The first-order valence-electron chi connectivity index (χ1n) is 8.68. The Kier molecular flexibility index (Phi) is 4.57. The minimum absolute atomic E-state index is 0.125. The van der Waals surface area contributed by atoms with Crippen molar-refractivity contribution in [3.63, 3.8) is 0 Å². The molecule has 136 valence electrons. The summed E-state index contributed by atoms with van der Waals surface area (Å²) in [6.45, 7) is 3.94. The number of benzene rings is 1. The van der Waals surface area contributed by atoms with E-state index in [2.05, 4.69) is 20.5 Å². The van der Waals surface area contributed by atoms with E-state index in [1.165, 1.54) is 6.33 Å². The molecule has 1 aliphatic heterocycles. The standard InChI is InChI=1S/C18H21N5O3/c1-12-13(14-4-2-3-5-16(14)26-12)6-7-19-18(24)23-8-9-25-10-15(23)17-20-11-21-22-17/h2-5,11,15H,6-10H2,1H3,(H,19,24)(H,20,21,22). The number of rotatable bonds is 4. The van der Waals surface area contributed by atoms with Gasteiger partial charge in [-0.05, 0) is 19.4 Å². The van der Waals surface area contributed by atoms with Gasteiger partial charge < -0.3 is 19.4 Å². The number of nitrogens with one attached hydrogen (secondary N) is 2. The molecule has 0 radical (unpaired) electrons. The Balaban J connectivity index is 1.41. The molecule has 2 aromatic heterocycles. The van der Waals surface area contributed by atoms with Crippen LogP contribution in [0.4, 0.5) is 4.79 Å². The second kappa shape index (κ2) is 7.17. The van der Waals surface area contributed by atoms with Crippen LogP contribution in [0.5, 0.6) is 0 Å². The predicted octanol–water partition coefficient (Wildman–Crippen LogP) is 2.18. The molecule has 1 aliphatic rings. The highest BCUT2D eigenvalue weighted by Gasteiger charge is 2.30. The van der Waals surface area contributed by atoms with E-state index in [9.17, 15) is 4.79 Å².